The summed E-state index contributed by atoms with van der Waals surface area (Å²) in [5.41, 5.74) is 0.637. The Kier molecular flexibility index (Phi) is 6.54. The highest BCUT2D eigenvalue weighted by molar-refractivity contribution is 5.80. The zero-order valence-corrected chi connectivity index (χ0v) is 18.0. The maximum atomic E-state index is 13.5. The van der Waals surface area contributed by atoms with Crippen LogP contribution in [0.25, 0.3) is 28.0 Å². The number of benzene rings is 2. The lowest BCUT2D eigenvalue weighted by atomic mass is 10.1. The van der Waals surface area contributed by atoms with Gasteiger partial charge in [-0.05, 0) is 48.0 Å². The number of halogens is 5. The Labute approximate surface area is 194 Å². The smallest absolute Gasteiger partial charge is 0.405 e. The normalized spacial score (nSPS) is 11.6. The van der Waals surface area contributed by atoms with E-state index in [0.717, 1.165) is 10.8 Å². The summed E-state index contributed by atoms with van der Waals surface area (Å²) >= 11 is 0. The van der Waals surface area contributed by atoms with Gasteiger partial charge < -0.3 is 14.8 Å². The minimum absolute atomic E-state index is 0.0260. The topological polar surface area (TPSA) is 78.3 Å². The highest BCUT2D eigenvalue weighted by Gasteiger charge is 2.27. The fourth-order valence-corrected chi connectivity index (χ4v) is 3.34. The van der Waals surface area contributed by atoms with E-state index in [1.807, 2.05) is 0 Å². The second-order valence-corrected chi connectivity index (χ2v) is 7.23. The zero-order chi connectivity index (χ0) is 25.2. The second-order valence-electron chi connectivity index (χ2n) is 7.23. The van der Waals surface area contributed by atoms with Gasteiger partial charge in [0.1, 0.15) is 29.4 Å². The second kappa shape index (κ2) is 9.57. The minimum Gasteiger partial charge on any atom is -0.497 e. The third kappa shape index (κ3) is 5.48. The number of methoxy groups -OCH3 is 1. The molecule has 0 saturated carbocycles. The summed E-state index contributed by atoms with van der Waals surface area (Å²) in [6, 6.07) is 13.3. The number of hydrogen-bond acceptors (Lipinski definition) is 6. The fourth-order valence-electron chi connectivity index (χ4n) is 3.34. The Morgan fingerprint density at radius 1 is 1.03 bits per heavy atom. The van der Waals surface area contributed by atoms with E-state index in [-0.39, 0.29) is 34.0 Å². The van der Waals surface area contributed by atoms with Crippen molar-refractivity contribution in [3.05, 3.63) is 71.1 Å². The van der Waals surface area contributed by atoms with Crippen molar-refractivity contribution in [3.8, 4) is 28.3 Å². The molecule has 12 heteroatoms. The molecule has 0 radical (unpaired) electrons. The Morgan fingerprint density at radius 2 is 1.69 bits per heavy atom. The molecular weight excluding hydrogens is 475 g/mol. The summed E-state index contributed by atoms with van der Waals surface area (Å²) in [6.07, 6.45) is -3.37. The lowest BCUT2D eigenvalue weighted by molar-refractivity contribution is -0.115. The zero-order valence-electron chi connectivity index (χ0n) is 18.0. The first-order valence-electron chi connectivity index (χ1n) is 10.1. The van der Waals surface area contributed by atoms with Gasteiger partial charge in [-0.25, -0.2) is 9.97 Å². The Bertz CT molecular complexity index is 1390. The third-order valence-corrected chi connectivity index (χ3v) is 4.90. The number of nitrogens with one attached hydrogen (secondary N) is 1. The number of aromatic nitrogens is 3. The number of anilines is 1. The van der Waals surface area contributed by atoms with Crippen LogP contribution in [-0.4, -0.2) is 41.0 Å². The predicted octanol–water partition coefficient (Wildman–Crippen LogP) is 5.03. The highest BCUT2D eigenvalue weighted by Crippen LogP contribution is 2.26. The fraction of sp³-hybridized carbons (Fsp3) is 0.174. The molecule has 0 fully saturated rings. The van der Waals surface area contributed by atoms with Crippen LogP contribution in [0.5, 0.6) is 11.5 Å². The van der Waals surface area contributed by atoms with Crippen molar-refractivity contribution in [1.29, 1.82) is 0 Å². The van der Waals surface area contributed by atoms with E-state index in [1.165, 1.54) is 37.4 Å². The first-order chi connectivity index (χ1) is 16.6. The number of rotatable bonds is 7. The lowest BCUT2D eigenvalue weighted by Crippen LogP contribution is -2.24. The molecule has 4 rings (SSSR count). The number of nitrogens with zero attached hydrogens (tertiary/aromatic N) is 3. The van der Waals surface area contributed by atoms with Crippen molar-refractivity contribution >= 4 is 17.0 Å². The van der Waals surface area contributed by atoms with E-state index in [4.69, 9.17) is 4.74 Å². The Balaban J connectivity index is 1.89. The lowest BCUT2D eigenvalue weighted by Gasteiger charge is -2.15. The molecule has 2 heterocycles. The van der Waals surface area contributed by atoms with E-state index in [2.05, 4.69) is 20.0 Å². The maximum absolute atomic E-state index is 13.5. The van der Waals surface area contributed by atoms with Gasteiger partial charge in [0, 0.05) is 5.56 Å². The van der Waals surface area contributed by atoms with Crippen LogP contribution in [0.2, 0.25) is 0 Å². The number of ether oxygens (including phenoxy) is 2. The summed E-state index contributed by atoms with van der Waals surface area (Å²) in [5, 5.41) is 2.13. The molecule has 4 aromatic rings. The quantitative estimate of drug-likeness (QED) is 0.365. The number of pyridine rings is 1. The van der Waals surface area contributed by atoms with Crippen LogP contribution in [-0.2, 0) is 0 Å². The molecule has 0 bridgehead atoms. The van der Waals surface area contributed by atoms with Gasteiger partial charge in [-0.15, -0.1) is 0 Å². The standard InChI is InChI=1S/C23H17F5N4O3/c1-34-15-6-2-13(3-7-15)17-10-18-20(31-19(11-29-18)30-12-23(26,27)28)32(21(17)33)14-4-8-16(9-5-14)35-22(24)25/h2-11,22H,12H2,1H3,(H,30,31). The summed E-state index contributed by atoms with van der Waals surface area (Å²) in [7, 11) is 1.50. The summed E-state index contributed by atoms with van der Waals surface area (Å²) in [4.78, 5) is 21.9. The van der Waals surface area contributed by atoms with Crippen molar-refractivity contribution in [2.45, 2.75) is 12.8 Å². The van der Waals surface area contributed by atoms with Crippen molar-refractivity contribution in [2.75, 3.05) is 19.0 Å². The van der Waals surface area contributed by atoms with Gasteiger partial charge in [0.25, 0.3) is 5.56 Å². The van der Waals surface area contributed by atoms with Gasteiger partial charge in [-0.3, -0.25) is 9.36 Å². The molecule has 7 nitrogen and oxygen atoms in total. The SMILES string of the molecule is COc1ccc(-c2cc3ncc(NCC(F)(F)F)nc3n(-c3ccc(OC(F)F)cc3)c2=O)cc1. The molecule has 2 aromatic heterocycles. The Hall–Kier alpha value is -4.22. The summed E-state index contributed by atoms with van der Waals surface area (Å²) in [6.45, 7) is -4.38. The van der Waals surface area contributed by atoms with Crippen LogP contribution in [0.4, 0.5) is 27.8 Å². The van der Waals surface area contributed by atoms with E-state index in [9.17, 15) is 26.7 Å². The van der Waals surface area contributed by atoms with Gasteiger partial charge in [0.05, 0.1) is 19.0 Å². The van der Waals surface area contributed by atoms with E-state index < -0.39 is 24.9 Å². The van der Waals surface area contributed by atoms with Crippen LogP contribution in [0.3, 0.4) is 0 Å². The number of fused-ring (bicyclic) bond motifs is 1. The van der Waals surface area contributed by atoms with Crippen LogP contribution < -0.4 is 20.3 Å². The first kappa shape index (κ1) is 23.9. The van der Waals surface area contributed by atoms with Crippen molar-refractivity contribution in [2.24, 2.45) is 0 Å². The van der Waals surface area contributed by atoms with Crippen LogP contribution >= 0.6 is 0 Å². The molecule has 0 unspecified atom stereocenters. The molecule has 0 aliphatic carbocycles. The molecule has 35 heavy (non-hydrogen) atoms. The van der Waals surface area contributed by atoms with Gasteiger partial charge in [-0.1, -0.05) is 12.1 Å². The molecule has 0 aliphatic heterocycles. The molecule has 1 N–H and O–H groups in total. The van der Waals surface area contributed by atoms with Gasteiger partial charge in [0.2, 0.25) is 0 Å². The highest BCUT2D eigenvalue weighted by atomic mass is 19.4. The molecule has 0 spiro atoms. The average Bonchev–Trinajstić information content (AvgIpc) is 2.82. The van der Waals surface area contributed by atoms with Crippen LogP contribution in [0, 0.1) is 0 Å². The third-order valence-electron chi connectivity index (χ3n) is 4.90. The number of hydrogen-bond donors (Lipinski definition) is 1. The molecule has 0 atom stereocenters. The van der Waals surface area contributed by atoms with E-state index in [0.29, 0.717) is 11.3 Å². The summed E-state index contributed by atoms with van der Waals surface area (Å²) in [5.74, 6) is 0.244. The van der Waals surface area contributed by atoms with Crippen LogP contribution in [0.1, 0.15) is 0 Å². The van der Waals surface area contributed by atoms with Gasteiger partial charge in [-0.2, -0.15) is 22.0 Å². The maximum Gasteiger partial charge on any atom is 0.405 e. The van der Waals surface area contributed by atoms with Gasteiger partial charge in [0.15, 0.2) is 5.65 Å². The Morgan fingerprint density at radius 3 is 2.29 bits per heavy atom. The van der Waals surface area contributed by atoms with Crippen LogP contribution in [0.15, 0.2) is 65.6 Å². The summed E-state index contributed by atoms with van der Waals surface area (Å²) < 4.78 is 73.6. The molecule has 0 saturated heterocycles. The molecular formula is C23H17F5N4O3. The number of alkyl halides is 5. The van der Waals surface area contributed by atoms with Crippen molar-refractivity contribution < 1.29 is 31.4 Å². The molecule has 0 amide bonds. The predicted molar refractivity (Wildman–Crippen MR) is 118 cm³/mol. The molecule has 0 aliphatic rings. The monoisotopic (exact) mass is 492 g/mol. The van der Waals surface area contributed by atoms with E-state index >= 15 is 0 Å². The average molecular weight is 492 g/mol. The minimum atomic E-state index is -4.49. The molecule has 182 valence electrons. The molecule has 2 aromatic carbocycles. The first-order valence-corrected chi connectivity index (χ1v) is 10.1. The van der Waals surface area contributed by atoms with Crippen molar-refractivity contribution in [3.63, 3.8) is 0 Å². The van der Waals surface area contributed by atoms with E-state index in [1.54, 1.807) is 24.3 Å². The van der Waals surface area contributed by atoms with Gasteiger partial charge >= 0.3 is 12.8 Å². The largest absolute Gasteiger partial charge is 0.497 e. The van der Waals surface area contributed by atoms with Crippen molar-refractivity contribution in [1.82, 2.24) is 14.5 Å².